The summed E-state index contributed by atoms with van der Waals surface area (Å²) in [5.74, 6) is 0.413. The van der Waals surface area contributed by atoms with Crippen molar-refractivity contribution in [1.29, 1.82) is 0 Å². The second-order valence-corrected chi connectivity index (χ2v) is 6.49. The van der Waals surface area contributed by atoms with E-state index in [1.807, 2.05) is 6.20 Å². The van der Waals surface area contributed by atoms with Gasteiger partial charge in [0.05, 0.1) is 11.9 Å². The maximum absolute atomic E-state index is 6.41. The first-order valence-electron chi connectivity index (χ1n) is 8.17. The van der Waals surface area contributed by atoms with Crippen LogP contribution in [-0.4, -0.2) is 33.4 Å². The van der Waals surface area contributed by atoms with Crippen LogP contribution in [0.5, 0.6) is 0 Å². The third-order valence-corrected chi connectivity index (χ3v) is 4.85. The molecule has 2 N–H and O–H groups in total. The largest absolute Gasteiger partial charge is 0.326 e. The molecule has 4 nitrogen and oxygen atoms in total. The van der Waals surface area contributed by atoms with E-state index in [-0.39, 0.29) is 18.4 Å². The molecule has 0 radical (unpaired) electrons. The van der Waals surface area contributed by atoms with Crippen molar-refractivity contribution < 1.29 is 0 Å². The van der Waals surface area contributed by atoms with Gasteiger partial charge < -0.3 is 10.1 Å². The summed E-state index contributed by atoms with van der Waals surface area (Å²) in [5.41, 5.74) is 11.2. The molecule has 0 spiro atoms. The summed E-state index contributed by atoms with van der Waals surface area (Å²) >= 11 is 0. The second-order valence-electron chi connectivity index (χ2n) is 6.49. The third-order valence-electron chi connectivity index (χ3n) is 4.85. The number of halogens is 1. The van der Waals surface area contributed by atoms with Crippen molar-refractivity contribution in [3.8, 4) is 0 Å². The number of hydrogen-bond acceptors (Lipinski definition) is 3. The average Bonchev–Trinajstić information content (AvgIpc) is 3.13. The van der Waals surface area contributed by atoms with Gasteiger partial charge in [-0.25, -0.2) is 4.98 Å². The summed E-state index contributed by atoms with van der Waals surface area (Å²) in [6.45, 7) is 4.95. The normalized spacial score (nSPS) is 21.1. The van der Waals surface area contributed by atoms with E-state index in [4.69, 9.17) is 5.73 Å². The molecule has 0 saturated carbocycles. The highest BCUT2D eigenvalue weighted by atomic mass is 35.5. The van der Waals surface area contributed by atoms with E-state index in [0.717, 1.165) is 25.3 Å². The Labute approximate surface area is 148 Å². The zero-order chi connectivity index (χ0) is 15.8. The lowest BCUT2D eigenvalue weighted by Gasteiger charge is -2.16. The predicted molar refractivity (Wildman–Crippen MR) is 99.6 cm³/mol. The molecule has 2 atom stereocenters. The summed E-state index contributed by atoms with van der Waals surface area (Å²) in [6, 6.07) is 17.1. The minimum absolute atomic E-state index is 0. The number of pyridine rings is 1. The summed E-state index contributed by atoms with van der Waals surface area (Å²) in [4.78, 5) is 6.97. The third kappa shape index (κ3) is 3.05. The van der Waals surface area contributed by atoms with Gasteiger partial charge in [-0.1, -0.05) is 36.4 Å². The zero-order valence-corrected chi connectivity index (χ0v) is 14.6. The molecule has 4 rings (SSSR count). The maximum Gasteiger partial charge on any atom is 0.137 e. The van der Waals surface area contributed by atoms with Crippen LogP contribution < -0.4 is 5.73 Å². The van der Waals surface area contributed by atoms with Crippen molar-refractivity contribution in [2.45, 2.75) is 25.4 Å². The van der Waals surface area contributed by atoms with Crippen LogP contribution >= 0.6 is 12.4 Å². The highest BCUT2D eigenvalue weighted by molar-refractivity contribution is 5.85. The lowest BCUT2D eigenvalue weighted by Crippen LogP contribution is -2.28. The Hall–Kier alpha value is -1.88. The lowest BCUT2D eigenvalue weighted by atomic mass is 9.95. The van der Waals surface area contributed by atoms with Crippen LogP contribution in [-0.2, 0) is 6.54 Å². The Morgan fingerprint density at radius 3 is 2.67 bits per heavy atom. The van der Waals surface area contributed by atoms with E-state index in [9.17, 15) is 0 Å². The maximum atomic E-state index is 6.41. The minimum Gasteiger partial charge on any atom is -0.326 e. The highest BCUT2D eigenvalue weighted by Gasteiger charge is 2.31. The van der Waals surface area contributed by atoms with Crippen molar-refractivity contribution in [3.63, 3.8) is 0 Å². The van der Waals surface area contributed by atoms with Crippen molar-refractivity contribution in [1.82, 2.24) is 14.3 Å². The Kier molecular flexibility index (Phi) is 4.90. The van der Waals surface area contributed by atoms with Gasteiger partial charge in [-0.2, -0.15) is 0 Å². The molecule has 126 valence electrons. The van der Waals surface area contributed by atoms with E-state index in [1.165, 1.54) is 17.0 Å². The summed E-state index contributed by atoms with van der Waals surface area (Å²) in [7, 11) is 0. The molecule has 3 aromatic rings. The molecule has 0 aliphatic carbocycles. The van der Waals surface area contributed by atoms with Crippen LogP contribution in [0, 0.1) is 6.92 Å². The van der Waals surface area contributed by atoms with Crippen molar-refractivity contribution >= 4 is 18.1 Å². The van der Waals surface area contributed by atoms with E-state index >= 15 is 0 Å². The number of imidazole rings is 1. The molecule has 1 aromatic carbocycles. The first-order valence-corrected chi connectivity index (χ1v) is 8.17. The monoisotopic (exact) mass is 342 g/mol. The van der Waals surface area contributed by atoms with Gasteiger partial charge in [0.1, 0.15) is 5.65 Å². The average molecular weight is 343 g/mol. The van der Waals surface area contributed by atoms with Gasteiger partial charge in [-0.15, -0.1) is 12.4 Å². The number of aromatic nitrogens is 2. The highest BCUT2D eigenvalue weighted by Crippen LogP contribution is 2.27. The molecule has 1 saturated heterocycles. The Morgan fingerprint density at radius 2 is 1.88 bits per heavy atom. The van der Waals surface area contributed by atoms with Crippen LogP contribution in [0.4, 0.5) is 0 Å². The molecule has 0 unspecified atom stereocenters. The molecule has 0 amide bonds. The summed E-state index contributed by atoms with van der Waals surface area (Å²) in [5, 5.41) is 0. The Bertz CT molecular complexity index is 815. The SMILES string of the molecule is Cc1cccc2ncc(CN3C[C@@H](N)[C@H](c4ccccc4)C3)n12.Cl. The Balaban J connectivity index is 0.00000169. The van der Waals surface area contributed by atoms with Gasteiger partial charge in [0.2, 0.25) is 0 Å². The zero-order valence-electron chi connectivity index (χ0n) is 13.8. The fraction of sp³-hybridized carbons (Fsp3) is 0.316. The molecule has 0 bridgehead atoms. The van der Waals surface area contributed by atoms with Gasteiger partial charge in [0.25, 0.3) is 0 Å². The molecule has 2 aromatic heterocycles. The first kappa shape index (κ1) is 17.0. The van der Waals surface area contributed by atoms with Gasteiger partial charge >= 0.3 is 0 Å². The van der Waals surface area contributed by atoms with E-state index in [0.29, 0.717) is 5.92 Å². The molecular weight excluding hydrogens is 320 g/mol. The van der Waals surface area contributed by atoms with Crippen LogP contribution in [0.15, 0.2) is 54.7 Å². The molecular formula is C19H23ClN4. The minimum atomic E-state index is 0. The number of hydrogen-bond donors (Lipinski definition) is 1. The van der Waals surface area contributed by atoms with E-state index in [1.54, 1.807) is 0 Å². The van der Waals surface area contributed by atoms with Gasteiger partial charge in [-0.05, 0) is 24.6 Å². The number of rotatable bonds is 3. The number of fused-ring (bicyclic) bond motifs is 1. The fourth-order valence-electron chi connectivity index (χ4n) is 3.71. The van der Waals surface area contributed by atoms with Crippen LogP contribution in [0.3, 0.4) is 0 Å². The van der Waals surface area contributed by atoms with E-state index in [2.05, 4.69) is 69.7 Å². The van der Waals surface area contributed by atoms with Crippen molar-refractivity contribution in [2.75, 3.05) is 13.1 Å². The lowest BCUT2D eigenvalue weighted by molar-refractivity contribution is 0.318. The molecule has 1 aliphatic heterocycles. The fourth-order valence-corrected chi connectivity index (χ4v) is 3.71. The Morgan fingerprint density at radius 1 is 1.08 bits per heavy atom. The number of nitrogens with zero attached hydrogens (tertiary/aromatic N) is 3. The van der Waals surface area contributed by atoms with Crippen LogP contribution in [0.1, 0.15) is 22.9 Å². The first-order chi connectivity index (χ1) is 11.2. The number of benzene rings is 1. The molecule has 24 heavy (non-hydrogen) atoms. The van der Waals surface area contributed by atoms with Crippen molar-refractivity contribution in [2.24, 2.45) is 5.73 Å². The quantitative estimate of drug-likeness (QED) is 0.796. The molecule has 5 heteroatoms. The van der Waals surface area contributed by atoms with Crippen LogP contribution in [0.25, 0.3) is 5.65 Å². The molecule has 1 fully saturated rings. The predicted octanol–water partition coefficient (Wildman–Crippen LogP) is 2.99. The van der Waals surface area contributed by atoms with Gasteiger partial charge in [0.15, 0.2) is 0 Å². The summed E-state index contributed by atoms with van der Waals surface area (Å²) < 4.78 is 2.24. The molecule has 1 aliphatic rings. The smallest absolute Gasteiger partial charge is 0.137 e. The van der Waals surface area contributed by atoms with E-state index < -0.39 is 0 Å². The second kappa shape index (κ2) is 6.93. The summed E-state index contributed by atoms with van der Waals surface area (Å²) in [6.07, 6.45) is 1.99. The number of aryl methyl sites for hydroxylation is 1. The van der Waals surface area contributed by atoms with Gasteiger partial charge in [0, 0.05) is 37.3 Å². The number of nitrogens with two attached hydrogens (primary N) is 1. The van der Waals surface area contributed by atoms with Crippen molar-refractivity contribution in [3.05, 3.63) is 71.7 Å². The molecule has 3 heterocycles. The van der Waals surface area contributed by atoms with Crippen LogP contribution in [0.2, 0.25) is 0 Å². The van der Waals surface area contributed by atoms with Gasteiger partial charge in [-0.3, -0.25) is 4.90 Å². The topological polar surface area (TPSA) is 46.6 Å². The standard InChI is InChI=1S/C19H22N4.ClH/c1-14-6-5-9-19-21-10-16(23(14)19)11-22-12-17(18(20)13-22)15-7-3-2-4-8-15;/h2-10,17-18H,11-13,20H2,1H3;1H/t17-,18+;/m0./s1. The number of likely N-dealkylation sites (tertiary alicyclic amines) is 1.